The van der Waals surface area contributed by atoms with Gasteiger partial charge in [-0.25, -0.2) is 0 Å². The third-order valence-electron chi connectivity index (χ3n) is 7.05. The molecule has 2 aromatic rings. The van der Waals surface area contributed by atoms with Crippen LogP contribution < -0.4 is 0 Å². The number of fused-ring (bicyclic) bond motifs is 1. The molecule has 3 heterocycles. The maximum Gasteiger partial charge on any atom is 0.463 e. The molecular weight excluding hydrogens is 389 g/mol. The monoisotopic (exact) mass is 418 g/mol. The molecule has 4 rings (SSSR count). The second kappa shape index (κ2) is 6.51. The molecule has 5 nitrogen and oxygen atoms in total. The van der Waals surface area contributed by atoms with Crippen LogP contribution in [0.3, 0.4) is 0 Å². The number of benzene rings is 1. The van der Waals surface area contributed by atoms with E-state index in [1.165, 1.54) is 0 Å². The minimum Gasteiger partial charge on any atom is -0.464 e. The third-order valence-corrected chi connectivity index (χ3v) is 7.29. The van der Waals surface area contributed by atoms with Crippen LogP contribution in [-0.2, 0) is 18.6 Å². The number of hydrogen-bond donors (Lipinski definition) is 0. The van der Waals surface area contributed by atoms with Gasteiger partial charge in [0, 0.05) is 10.4 Å². The zero-order chi connectivity index (χ0) is 21.4. The van der Waals surface area contributed by atoms with Gasteiger partial charge in [-0.05, 0) is 79.2 Å². The molecule has 0 bridgehead atoms. The van der Waals surface area contributed by atoms with Gasteiger partial charge >= 0.3 is 14.2 Å². The summed E-state index contributed by atoms with van der Waals surface area (Å²) in [5.41, 5.74) is -0.597. The highest BCUT2D eigenvalue weighted by atomic mass is 35.5. The van der Waals surface area contributed by atoms with Gasteiger partial charge in [0.2, 0.25) is 0 Å². The SMILES string of the molecule is CC1(C)OB(C(B2OC(C)(C)C(C)(C)O2)c2coc3ccc(Cl)cc23)OC1(C)C. The summed E-state index contributed by atoms with van der Waals surface area (Å²) >= 11 is 6.29. The summed E-state index contributed by atoms with van der Waals surface area (Å²) in [5, 5.41) is 1.55. The van der Waals surface area contributed by atoms with E-state index in [9.17, 15) is 0 Å². The Balaban J connectivity index is 1.81. The Labute approximate surface area is 178 Å². The van der Waals surface area contributed by atoms with Crippen molar-refractivity contribution >= 4 is 36.8 Å². The summed E-state index contributed by atoms with van der Waals surface area (Å²) in [6.45, 7) is 16.3. The Morgan fingerprint density at radius 3 is 1.66 bits per heavy atom. The summed E-state index contributed by atoms with van der Waals surface area (Å²) in [6.07, 6.45) is 1.74. The van der Waals surface area contributed by atoms with E-state index in [-0.39, 0.29) is 5.72 Å². The van der Waals surface area contributed by atoms with Gasteiger partial charge in [0.25, 0.3) is 0 Å². The van der Waals surface area contributed by atoms with Crippen molar-refractivity contribution in [2.45, 2.75) is 83.5 Å². The van der Waals surface area contributed by atoms with Crippen LogP contribution in [0.1, 0.15) is 66.7 Å². The van der Waals surface area contributed by atoms with Crippen LogP contribution in [0.4, 0.5) is 0 Å². The van der Waals surface area contributed by atoms with Crippen LogP contribution in [0.25, 0.3) is 11.0 Å². The van der Waals surface area contributed by atoms with E-state index in [0.717, 1.165) is 16.5 Å². The lowest BCUT2D eigenvalue weighted by molar-refractivity contribution is 0.00578. The summed E-state index contributed by atoms with van der Waals surface area (Å²) in [7, 11) is -1.12. The molecule has 0 N–H and O–H groups in total. The van der Waals surface area contributed by atoms with Crippen molar-refractivity contribution in [3.8, 4) is 0 Å². The fraction of sp³-hybridized carbons (Fsp3) is 0.619. The molecule has 0 unspecified atom stereocenters. The van der Waals surface area contributed by atoms with Crippen molar-refractivity contribution in [3.05, 3.63) is 35.0 Å². The van der Waals surface area contributed by atoms with Gasteiger partial charge in [-0.2, -0.15) is 0 Å². The van der Waals surface area contributed by atoms with Crippen LogP contribution in [0.5, 0.6) is 0 Å². The largest absolute Gasteiger partial charge is 0.464 e. The average Bonchev–Trinajstić information content (AvgIpc) is 3.11. The van der Waals surface area contributed by atoms with E-state index in [1.54, 1.807) is 6.26 Å². The first-order chi connectivity index (χ1) is 13.2. The lowest BCUT2D eigenvalue weighted by Gasteiger charge is -2.32. The zero-order valence-electron chi connectivity index (χ0n) is 18.5. The molecule has 2 aliphatic rings. The quantitative estimate of drug-likeness (QED) is 0.622. The van der Waals surface area contributed by atoms with Gasteiger partial charge in [-0.1, -0.05) is 11.6 Å². The highest BCUT2D eigenvalue weighted by molar-refractivity contribution is 6.68. The predicted octanol–water partition coefficient (Wildman–Crippen LogP) is 5.43. The van der Waals surface area contributed by atoms with Crippen molar-refractivity contribution in [3.63, 3.8) is 0 Å². The molecule has 2 aliphatic heterocycles. The highest BCUT2D eigenvalue weighted by Crippen LogP contribution is 2.47. The maximum atomic E-state index is 6.42. The van der Waals surface area contributed by atoms with Gasteiger partial charge in [-0.15, -0.1) is 0 Å². The average molecular weight is 419 g/mol. The Morgan fingerprint density at radius 2 is 1.21 bits per heavy atom. The molecule has 8 heteroatoms. The normalized spacial score (nSPS) is 24.8. The van der Waals surface area contributed by atoms with Gasteiger partial charge in [0.05, 0.1) is 34.4 Å². The Morgan fingerprint density at radius 1 is 0.759 bits per heavy atom. The zero-order valence-corrected chi connectivity index (χ0v) is 19.2. The Hall–Kier alpha value is -0.980. The van der Waals surface area contributed by atoms with Crippen molar-refractivity contribution in [1.29, 1.82) is 0 Å². The summed E-state index contributed by atoms with van der Waals surface area (Å²) in [6, 6.07) is 5.58. The minimum atomic E-state index is -0.561. The fourth-order valence-electron chi connectivity index (χ4n) is 3.77. The molecule has 0 atom stereocenters. The van der Waals surface area contributed by atoms with E-state index >= 15 is 0 Å². The van der Waals surface area contributed by atoms with Gasteiger partial charge < -0.3 is 23.0 Å². The van der Waals surface area contributed by atoms with E-state index < -0.39 is 36.6 Å². The highest BCUT2D eigenvalue weighted by Gasteiger charge is 2.62. The molecule has 2 saturated heterocycles. The molecule has 0 aliphatic carbocycles. The predicted molar refractivity (Wildman–Crippen MR) is 116 cm³/mol. The minimum absolute atomic E-state index is 0.350. The maximum absolute atomic E-state index is 6.42. The van der Waals surface area contributed by atoms with Crippen molar-refractivity contribution < 1.29 is 23.0 Å². The van der Waals surface area contributed by atoms with Crippen LogP contribution in [0.15, 0.2) is 28.9 Å². The molecular formula is C21H29B2ClO5. The molecule has 29 heavy (non-hydrogen) atoms. The first kappa shape index (κ1) is 21.3. The van der Waals surface area contributed by atoms with Gasteiger partial charge in [0.1, 0.15) is 5.58 Å². The molecule has 0 amide bonds. The first-order valence-electron chi connectivity index (χ1n) is 10.1. The third kappa shape index (κ3) is 3.35. The van der Waals surface area contributed by atoms with E-state index in [1.807, 2.05) is 73.6 Å². The molecule has 1 aromatic heterocycles. The topological polar surface area (TPSA) is 50.1 Å². The van der Waals surface area contributed by atoms with Gasteiger partial charge in [-0.3, -0.25) is 0 Å². The molecule has 156 valence electrons. The first-order valence-corrected chi connectivity index (χ1v) is 10.5. The van der Waals surface area contributed by atoms with Crippen molar-refractivity contribution in [2.24, 2.45) is 0 Å². The number of hydrogen-bond acceptors (Lipinski definition) is 5. The molecule has 0 saturated carbocycles. The Kier molecular flexibility index (Phi) is 4.77. The molecule has 1 aromatic carbocycles. The van der Waals surface area contributed by atoms with E-state index in [4.69, 9.17) is 34.6 Å². The van der Waals surface area contributed by atoms with Gasteiger partial charge in [0.15, 0.2) is 0 Å². The van der Waals surface area contributed by atoms with Crippen LogP contribution in [0, 0.1) is 0 Å². The second-order valence-corrected chi connectivity index (χ2v) is 10.5. The lowest BCUT2D eigenvalue weighted by Crippen LogP contribution is -2.41. The van der Waals surface area contributed by atoms with Crippen molar-refractivity contribution in [2.75, 3.05) is 0 Å². The van der Waals surface area contributed by atoms with Crippen LogP contribution in [0.2, 0.25) is 5.02 Å². The standard InChI is InChI=1S/C21H29B2ClO5/c1-18(2)19(3,4)27-22(26-18)17(23-28-20(5,6)21(7,8)29-23)15-12-25-16-10-9-13(24)11-14(15)16/h9-12,17H,1-8H3. The second-order valence-electron chi connectivity index (χ2n) is 10.1. The summed E-state index contributed by atoms with van der Waals surface area (Å²) < 4.78 is 31.5. The fourth-order valence-corrected chi connectivity index (χ4v) is 3.94. The summed E-state index contributed by atoms with van der Waals surface area (Å²) in [5.74, 6) is 0. The number of halogens is 1. The molecule has 2 fully saturated rings. The smallest absolute Gasteiger partial charge is 0.463 e. The Bertz CT molecular complexity index is 868. The van der Waals surface area contributed by atoms with E-state index in [2.05, 4.69) is 0 Å². The molecule has 0 radical (unpaired) electrons. The number of rotatable bonds is 3. The lowest BCUT2D eigenvalue weighted by atomic mass is 9.49. The van der Waals surface area contributed by atoms with Crippen LogP contribution >= 0.6 is 11.6 Å². The van der Waals surface area contributed by atoms with E-state index in [0.29, 0.717) is 5.02 Å². The number of furan rings is 1. The van der Waals surface area contributed by atoms with Crippen LogP contribution in [-0.4, -0.2) is 36.6 Å². The van der Waals surface area contributed by atoms with Crippen molar-refractivity contribution in [1.82, 2.24) is 0 Å². The summed E-state index contributed by atoms with van der Waals surface area (Å²) in [4.78, 5) is 0. The molecule has 0 spiro atoms.